The van der Waals surface area contributed by atoms with Crippen LogP contribution >= 0.6 is 22.9 Å². The summed E-state index contributed by atoms with van der Waals surface area (Å²) in [6.45, 7) is 1.93. The van der Waals surface area contributed by atoms with Crippen molar-refractivity contribution in [2.75, 3.05) is 17.2 Å². The van der Waals surface area contributed by atoms with Gasteiger partial charge in [0.25, 0.3) is 0 Å². The summed E-state index contributed by atoms with van der Waals surface area (Å²) in [6.07, 6.45) is 2.29. The number of anilines is 2. The molecule has 2 heterocycles. The molecule has 3 nitrogen and oxygen atoms in total. The first kappa shape index (κ1) is 13.9. The van der Waals surface area contributed by atoms with Crippen LogP contribution in [0.4, 0.5) is 10.8 Å². The number of halogens is 1. The van der Waals surface area contributed by atoms with E-state index in [0.717, 1.165) is 30.0 Å². The number of nitrogens with zero attached hydrogens (tertiary/aromatic N) is 2. The van der Waals surface area contributed by atoms with E-state index in [-0.39, 0.29) is 0 Å². The Morgan fingerprint density at radius 3 is 3.05 bits per heavy atom. The average molecular weight is 330 g/mol. The van der Waals surface area contributed by atoms with Crippen molar-refractivity contribution in [3.63, 3.8) is 0 Å². The molecule has 0 saturated heterocycles. The molecule has 0 unspecified atom stereocenters. The van der Waals surface area contributed by atoms with Gasteiger partial charge in [-0.25, -0.2) is 4.98 Å². The highest BCUT2D eigenvalue weighted by atomic mass is 35.5. The number of hydrogen-bond acceptors (Lipinski definition) is 4. The van der Waals surface area contributed by atoms with E-state index >= 15 is 0 Å². The van der Waals surface area contributed by atoms with Gasteiger partial charge in [0.15, 0.2) is 5.13 Å². The zero-order valence-corrected chi connectivity index (χ0v) is 13.6. The van der Waals surface area contributed by atoms with E-state index in [1.54, 1.807) is 11.3 Å². The first-order valence-corrected chi connectivity index (χ1v) is 8.57. The SMILES string of the molecule is Nc1nc2cc3c(cc2s1)CCCN3Cc1cccc(Cl)c1. The van der Waals surface area contributed by atoms with Crippen LogP contribution in [0, 0.1) is 0 Å². The third-order valence-corrected chi connectivity index (χ3v) is 5.17. The van der Waals surface area contributed by atoms with Crippen LogP contribution in [0.5, 0.6) is 0 Å². The molecule has 0 saturated carbocycles. The fraction of sp³-hybridized carbons (Fsp3) is 0.235. The Balaban J connectivity index is 1.73. The topological polar surface area (TPSA) is 42.1 Å². The number of aryl methyl sites for hydroxylation is 1. The molecule has 0 bridgehead atoms. The molecule has 5 heteroatoms. The van der Waals surface area contributed by atoms with Crippen LogP contribution in [0.25, 0.3) is 10.2 Å². The molecule has 2 aromatic carbocycles. The Kier molecular flexibility index (Phi) is 3.43. The standard InChI is InChI=1S/C17H16ClN3S/c18-13-5-1-3-11(7-13)10-21-6-2-4-12-8-16-14(9-15(12)21)20-17(19)22-16/h1,3,5,7-9H,2,4,6,10H2,(H2,19,20). The largest absolute Gasteiger partial charge is 0.375 e. The number of aromatic nitrogens is 1. The number of nitrogen functional groups attached to an aromatic ring is 1. The normalized spacial score (nSPS) is 14.3. The number of thiazole rings is 1. The number of nitrogens with two attached hydrogens (primary N) is 1. The van der Waals surface area contributed by atoms with Gasteiger partial charge < -0.3 is 10.6 Å². The van der Waals surface area contributed by atoms with Crippen LogP contribution in [-0.4, -0.2) is 11.5 Å². The molecule has 2 N–H and O–H groups in total. The highest BCUT2D eigenvalue weighted by Crippen LogP contribution is 2.35. The van der Waals surface area contributed by atoms with Gasteiger partial charge in [-0.3, -0.25) is 0 Å². The van der Waals surface area contributed by atoms with Gasteiger partial charge in [0.05, 0.1) is 10.2 Å². The molecule has 0 radical (unpaired) electrons. The predicted molar refractivity (Wildman–Crippen MR) is 94.9 cm³/mol. The van der Waals surface area contributed by atoms with Gasteiger partial charge in [0, 0.05) is 23.8 Å². The van der Waals surface area contributed by atoms with Crippen LogP contribution in [0.2, 0.25) is 5.02 Å². The van der Waals surface area contributed by atoms with Crippen molar-refractivity contribution in [1.29, 1.82) is 0 Å². The van der Waals surface area contributed by atoms with Crippen molar-refractivity contribution in [2.24, 2.45) is 0 Å². The van der Waals surface area contributed by atoms with Gasteiger partial charge in [0.2, 0.25) is 0 Å². The lowest BCUT2D eigenvalue weighted by molar-refractivity contribution is 0.692. The van der Waals surface area contributed by atoms with Crippen molar-refractivity contribution < 1.29 is 0 Å². The van der Waals surface area contributed by atoms with Gasteiger partial charge >= 0.3 is 0 Å². The number of benzene rings is 2. The minimum absolute atomic E-state index is 0.638. The quantitative estimate of drug-likeness (QED) is 0.753. The molecule has 0 atom stereocenters. The number of rotatable bonds is 2. The molecule has 1 aliphatic rings. The Hall–Kier alpha value is -1.78. The van der Waals surface area contributed by atoms with Crippen LogP contribution in [-0.2, 0) is 13.0 Å². The van der Waals surface area contributed by atoms with Crippen LogP contribution < -0.4 is 10.6 Å². The molecule has 0 fully saturated rings. The van der Waals surface area contributed by atoms with Crippen LogP contribution in [0.1, 0.15) is 17.5 Å². The first-order valence-electron chi connectivity index (χ1n) is 7.37. The lowest BCUT2D eigenvalue weighted by atomic mass is 10.0. The summed E-state index contributed by atoms with van der Waals surface area (Å²) in [7, 11) is 0. The fourth-order valence-corrected chi connectivity index (χ4v) is 4.11. The van der Waals surface area contributed by atoms with Gasteiger partial charge in [0.1, 0.15) is 0 Å². The fourth-order valence-electron chi connectivity index (χ4n) is 3.12. The third kappa shape index (κ3) is 2.53. The van der Waals surface area contributed by atoms with Crippen molar-refractivity contribution in [1.82, 2.24) is 4.98 Å². The van der Waals surface area contributed by atoms with E-state index in [4.69, 9.17) is 17.3 Å². The molecule has 0 aliphatic carbocycles. The lowest BCUT2D eigenvalue weighted by Gasteiger charge is -2.31. The second-order valence-corrected chi connectivity index (χ2v) is 7.15. The van der Waals surface area contributed by atoms with Gasteiger partial charge in [-0.1, -0.05) is 35.1 Å². The second-order valence-electron chi connectivity index (χ2n) is 5.66. The molecule has 0 amide bonds. The van der Waals surface area contributed by atoms with Gasteiger partial charge in [-0.15, -0.1) is 0 Å². The summed E-state index contributed by atoms with van der Waals surface area (Å²) >= 11 is 7.67. The molecular formula is C17H16ClN3S. The lowest BCUT2D eigenvalue weighted by Crippen LogP contribution is -2.28. The van der Waals surface area contributed by atoms with Crippen molar-refractivity contribution in [2.45, 2.75) is 19.4 Å². The number of fused-ring (bicyclic) bond motifs is 2. The summed E-state index contributed by atoms with van der Waals surface area (Å²) < 4.78 is 1.18. The maximum atomic E-state index is 6.10. The smallest absolute Gasteiger partial charge is 0.181 e. The highest BCUT2D eigenvalue weighted by Gasteiger charge is 2.19. The zero-order chi connectivity index (χ0) is 15.1. The van der Waals surface area contributed by atoms with Crippen LogP contribution in [0.15, 0.2) is 36.4 Å². The second kappa shape index (κ2) is 5.45. The van der Waals surface area contributed by atoms with Gasteiger partial charge in [-0.2, -0.15) is 0 Å². The summed E-state index contributed by atoms with van der Waals surface area (Å²) in [5.74, 6) is 0. The molecule has 112 valence electrons. The Morgan fingerprint density at radius 1 is 1.27 bits per heavy atom. The molecule has 1 aliphatic heterocycles. The summed E-state index contributed by atoms with van der Waals surface area (Å²) in [5.41, 5.74) is 10.8. The van der Waals surface area contributed by atoms with Gasteiger partial charge in [-0.05, 0) is 48.2 Å². The monoisotopic (exact) mass is 329 g/mol. The summed E-state index contributed by atoms with van der Waals surface area (Å²) in [4.78, 5) is 6.84. The van der Waals surface area contributed by atoms with Crippen molar-refractivity contribution in [3.05, 3.63) is 52.5 Å². The Morgan fingerprint density at radius 2 is 2.18 bits per heavy atom. The zero-order valence-electron chi connectivity index (χ0n) is 12.1. The van der Waals surface area contributed by atoms with Crippen molar-refractivity contribution in [3.8, 4) is 0 Å². The van der Waals surface area contributed by atoms with E-state index in [1.807, 2.05) is 18.2 Å². The van der Waals surface area contributed by atoms with E-state index in [9.17, 15) is 0 Å². The third-order valence-electron chi connectivity index (χ3n) is 4.08. The molecule has 3 aromatic rings. The minimum Gasteiger partial charge on any atom is -0.375 e. The Labute approximate surface area is 138 Å². The summed E-state index contributed by atoms with van der Waals surface area (Å²) in [5, 5.41) is 1.43. The minimum atomic E-state index is 0.638. The molecule has 0 spiro atoms. The highest BCUT2D eigenvalue weighted by molar-refractivity contribution is 7.22. The molecular weight excluding hydrogens is 314 g/mol. The molecule has 22 heavy (non-hydrogen) atoms. The van der Waals surface area contributed by atoms with E-state index in [2.05, 4.69) is 28.1 Å². The maximum Gasteiger partial charge on any atom is 0.181 e. The first-order chi connectivity index (χ1) is 10.7. The van der Waals surface area contributed by atoms with E-state index < -0.39 is 0 Å². The molecule has 4 rings (SSSR count). The molecule has 1 aromatic heterocycles. The summed E-state index contributed by atoms with van der Waals surface area (Å²) in [6, 6.07) is 12.5. The van der Waals surface area contributed by atoms with Crippen molar-refractivity contribution >= 4 is 44.0 Å². The number of hydrogen-bond donors (Lipinski definition) is 1. The van der Waals surface area contributed by atoms with E-state index in [1.165, 1.54) is 27.9 Å². The van der Waals surface area contributed by atoms with Crippen LogP contribution in [0.3, 0.4) is 0 Å². The predicted octanol–water partition coefficient (Wildman–Crippen LogP) is 4.48. The Bertz CT molecular complexity index is 843. The van der Waals surface area contributed by atoms with E-state index in [0.29, 0.717) is 5.13 Å². The average Bonchev–Trinajstić information content (AvgIpc) is 2.84. The maximum absolute atomic E-state index is 6.10.